The summed E-state index contributed by atoms with van der Waals surface area (Å²) in [6.07, 6.45) is 6.31. The molecule has 0 spiro atoms. The van der Waals surface area contributed by atoms with E-state index in [0.717, 1.165) is 17.4 Å². The Balaban J connectivity index is 1.96. The molecule has 0 bridgehead atoms. The van der Waals surface area contributed by atoms with Crippen molar-refractivity contribution in [1.82, 2.24) is 4.98 Å². The first-order chi connectivity index (χ1) is 9.75. The van der Waals surface area contributed by atoms with Gasteiger partial charge in [0.2, 0.25) is 0 Å². The Labute approximate surface area is 117 Å². The van der Waals surface area contributed by atoms with Gasteiger partial charge in [0.25, 0.3) is 0 Å². The van der Waals surface area contributed by atoms with Crippen LogP contribution in [0.25, 0.3) is 10.9 Å². The van der Waals surface area contributed by atoms with Crippen molar-refractivity contribution in [2.75, 3.05) is 11.9 Å². The molecule has 5 heteroatoms. The number of nitro groups is 1. The number of fused-ring (bicyclic) bond motifs is 1. The van der Waals surface area contributed by atoms with E-state index >= 15 is 0 Å². The molecule has 0 aliphatic heterocycles. The topological polar surface area (TPSA) is 68.1 Å². The molecule has 104 valence electrons. The van der Waals surface area contributed by atoms with E-state index in [4.69, 9.17) is 0 Å². The van der Waals surface area contributed by atoms with Crippen LogP contribution in [0.4, 0.5) is 11.4 Å². The summed E-state index contributed by atoms with van der Waals surface area (Å²) in [7, 11) is 0. The van der Waals surface area contributed by atoms with Crippen molar-refractivity contribution >= 4 is 22.3 Å². The molecule has 0 saturated heterocycles. The minimum atomic E-state index is -0.365. The quantitative estimate of drug-likeness (QED) is 0.679. The van der Waals surface area contributed by atoms with Crippen molar-refractivity contribution in [2.45, 2.75) is 25.7 Å². The van der Waals surface area contributed by atoms with Crippen LogP contribution in [-0.2, 0) is 0 Å². The molecule has 1 N–H and O–H groups in total. The summed E-state index contributed by atoms with van der Waals surface area (Å²) in [5.74, 6) is 0.626. The number of hydrogen-bond donors (Lipinski definition) is 1. The molecule has 1 aromatic carbocycles. The van der Waals surface area contributed by atoms with Gasteiger partial charge in [0.15, 0.2) is 0 Å². The van der Waals surface area contributed by atoms with E-state index in [9.17, 15) is 10.1 Å². The molecule has 1 fully saturated rings. The van der Waals surface area contributed by atoms with E-state index in [-0.39, 0.29) is 10.6 Å². The van der Waals surface area contributed by atoms with Crippen LogP contribution in [0.1, 0.15) is 25.7 Å². The summed E-state index contributed by atoms with van der Waals surface area (Å²) in [6.45, 7) is 0.800. The number of anilines is 1. The van der Waals surface area contributed by atoms with Gasteiger partial charge in [-0.25, -0.2) is 4.98 Å². The molecule has 1 aromatic heterocycles. The van der Waals surface area contributed by atoms with Gasteiger partial charge < -0.3 is 5.32 Å². The molecule has 0 radical (unpaired) electrons. The van der Waals surface area contributed by atoms with Crippen molar-refractivity contribution in [1.29, 1.82) is 0 Å². The number of rotatable bonds is 4. The van der Waals surface area contributed by atoms with Gasteiger partial charge >= 0.3 is 5.69 Å². The number of aromatic nitrogens is 1. The molecule has 20 heavy (non-hydrogen) atoms. The van der Waals surface area contributed by atoms with Crippen molar-refractivity contribution in [3.63, 3.8) is 0 Å². The maximum atomic E-state index is 11.2. The third kappa shape index (κ3) is 2.43. The highest BCUT2D eigenvalue weighted by Crippen LogP contribution is 2.33. The van der Waals surface area contributed by atoms with Crippen molar-refractivity contribution < 1.29 is 4.92 Å². The first-order valence-electron chi connectivity index (χ1n) is 7.01. The van der Waals surface area contributed by atoms with Gasteiger partial charge in [-0.3, -0.25) is 10.1 Å². The molecule has 1 aliphatic rings. The minimum Gasteiger partial charge on any atom is -0.379 e. The molecular weight excluding hydrogens is 254 g/mol. The van der Waals surface area contributed by atoms with Gasteiger partial charge in [-0.15, -0.1) is 0 Å². The van der Waals surface area contributed by atoms with Crippen LogP contribution in [0, 0.1) is 16.0 Å². The second-order valence-corrected chi connectivity index (χ2v) is 5.32. The first-order valence-corrected chi connectivity index (χ1v) is 7.01. The first kappa shape index (κ1) is 12.8. The average Bonchev–Trinajstić information content (AvgIpc) is 2.97. The highest BCUT2D eigenvalue weighted by atomic mass is 16.6. The largest absolute Gasteiger partial charge is 0.379 e. The monoisotopic (exact) mass is 271 g/mol. The number of pyridine rings is 1. The van der Waals surface area contributed by atoms with Crippen molar-refractivity contribution in [3.05, 3.63) is 40.6 Å². The molecule has 2 aromatic rings. The summed E-state index contributed by atoms with van der Waals surface area (Å²) in [4.78, 5) is 15.0. The van der Waals surface area contributed by atoms with Gasteiger partial charge in [-0.2, -0.15) is 0 Å². The summed E-state index contributed by atoms with van der Waals surface area (Å²) in [5, 5.41) is 15.3. The Morgan fingerprint density at radius 1 is 1.30 bits per heavy atom. The molecule has 0 amide bonds. The maximum Gasteiger partial charge on any atom is 0.311 e. The zero-order valence-corrected chi connectivity index (χ0v) is 11.2. The maximum absolute atomic E-state index is 11.2. The third-order valence-corrected chi connectivity index (χ3v) is 3.99. The molecule has 0 unspecified atom stereocenters. The lowest BCUT2D eigenvalue weighted by Crippen LogP contribution is -2.12. The smallest absolute Gasteiger partial charge is 0.311 e. The Morgan fingerprint density at radius 3 is 2.80 bits per heavy atom. The molecule has 3 rings (SSSR count). The standard InChI is InChI=1S/C15H17N3O2/c19-18(20)14-10-16-13-8-4-3-7-12(13)15(14)17-9-11-5-1-2-6-11/h3-4,7-8,10-11H,1-2,5-6,9H2,(H,16,17). The van der Waals surface area contributed by atoms with Crippen LogP contribution in [0.5, 0.6) is 0 Å². The fourth-order valence-electron chi connectivity index (χ4n) is 2.92. The highest BCUT2D eigenvalue weighted by molar-refractivity contribution is 5.95. The Bertz CT molecular complexity index is 636. The van der Waals surface area contributed by atoms with E-state index < -0.39 is 0 Å². The minimum absolute atomic E-state index is 0.0571. The summed E-state index contributed by atoms with van der Waals surface area (Å²) < 4.78 is 0. The number of nitrogens with one attached hydrogen (secondary N) is 1. The van der Waals surface area contributed by atoms with Crippen LogP contribution < -0.4 is 5.32 Å². The van der Waals surface area contributed by atoms with E-state index in [0.29, 0.717) is 11.6 Å². The third-order valence-electron chi connectivity index (χ3n) is 3.99. The molecule has 1 heterocycles. The summed E-state index contributed by atoms with van der Waals surface area (Å²) in [5.41, 5.74) is 1.45. The van der Waals surface area contributed by atoms with E-state index in [2.05, 4.69) is 10.3 Å². The number of benzene rings is 1. The number of para-hydroxylation sites is 1. The Hall–Kier alpha value is -2.17. The van der Waals surface area contributed by atoms with Crippen molar-refractivity contribution in [3.8, 4) is 0 Å². The van der Waals surface area contributed by atoms with Gasteiger partial charge in [0.1, 0.15) is 11.9 Å². The van der Waals surface area contributed by atoms with Gasteiger partial charge in [0, 0.05) is 11.9 Å². The van der Waals surface area contributed by atoms with Gasteiger partial charge in [-0.1, -0.05) is 31.0 Å². The van der Waals surface area contributed by atoms with Crippen LogP contribution in [0.2, 0.25) is 0 Å². The number of nitrogens with zero attached hydrogens (tertiary/aromatic N) is 2. The fraction of sp³-hybridized carbons (Fsp3) is 0.400. The lowest BCUT2D eigenvalue weighted by Gasteiger charge is -2.13. The predicted molar refractivity (Wildman–Crippen MR) is 78.8 cm³/mol. The Morgan fingerprint density at radius 2 is 2.05 bits per heavy atom. The molecule has 1 saturated carbocycles. The predicted octanol–water partition coefficient (Wildman–Crippen LogP) is 3.75. The summed E-state index contributed by atoms with van der Waals surface area (Å²) in [6, 6.07) is 7.53. The van der Waals surface area contributed by atoms with E-state index in [1.54, 1.807) is 0 Å². The lowest BCUT2D eigenvalue weighted by atomic mass is 10.1. The van der Waals surface area contributed by atoms with Crippen LogP contribution in [0.3, 0.4) is 0 Å². The van der Waals surface area contributed by atoms with Crippen molar-refractivity contribution in [2.24, 2.45) is 5.92 Å². The second-order valence-electron chi connectivity index (χ2n) is 5.32. The Kier molecular flexibility index (Phi) is 3.50. The van der Waals surface area contributed by atoms with Crippen LogP contribution >= 0.6 is 0 Å². The zero-order valence-electron chi connectivity index (χ0n) is 11.2. The molecular formula is C15H17N3O2. The number of hydrogen-bond acceptors (Lipinski definition) is 4. The molecule has 0 atom stereocenters. The fourth-order valence-corrected chi connectivity index (χ4v) is 2.92. The van der Waals surface area contributed by atoms with Gasteiger partial charge in [-0.05, 0) is 24.8 Å². The lowest BCUT2D eigenvalue weighted by molar-refractivity contribution is -0.384. The SMILES string of the molecule is O=[N+]([O-])c1cnc2ccccc2c1NCC1CCCC1. The molecule has 1 aliphatic carbocycles. The van der Waals surface area contributed by atoms with E-state index in [1.807, 2.05) is 24.3 Å². The molecule has 5 nitrogen and oxygen atoms in total. The van der Waals surface area contributed by atoms with Gasteiger partial charge in [0.05, 0.1) is 10.4 Å². The van der Waals surface area contributed by atoms with Crippen LogP contribution in [-0.4, -0.2) is 16.5 Å². The zero-order chi connectivity index (χ0) is 13.9. The normalized spacial score (nSPS) is 15.6. The van der Waals surface area contributed by atoms with E-state index in [1.165, 1.54) is 31.9 Å². The van der Waals surface area contributed by atoms with Crippen LogP contribution in [0.15, 0.2) is 30.5 Å². The summed E-state index contributed by atoms with van der Waals surface area (Å²) >= 11 is 0. The second kappa shape index (κ2) is 5.45. The highest BCUT2D eigenvalue weighted by Gasteiger charge is 2.20. The average molecular weight is 271 g/mol.